The molecule has 0 aliphatic carbocycles. The number of hydrogen-bond donors (Lipinski definition) is 1. The number of carbonyl (C=O) groups excluding carboxylic acids is 2. The molecule has 0 fully saturated rings. The number of halogens is 3. The van der Waals surface area contributed by atoms with E-state index >= 15 is 0 Å². The van der Waals surface area contributed by atoms with Gasteiger partial charge < -0.3 is 10.2 Å². The molecule has 0 heterocycles. The molecule has 0 radical (unpaired) electrons. The first-order chi connectivity index (χ1) is 20.5. The maximum absolute atomic E-state index is 14.3. The van der Waals surface area contributed by atoms with Crippen LogP contribution < -0.4 is 9.62 Å². The third-order valence-corrected chi connectivity index (χ3v) is 9.64. The predicted molar refractivity (Wildman–Crippen MR) is 172 cm³/mol. The fourth-order valence-corrected chi connectivity index (χ4v) is 6.39. The summed E-state index contributed by atoms with van der Waals surface area (Å²) < 4.78 is 29.0. The van der Waals surface area contributed by atoms with Crippen LogP contribution in [0.15, 0.2) is 102 Å². The standard InChI is InChI=1S/C32H30Cl3N3O4S/c1-22-8-13-26(14-9-22)38(43(41,42)27-15-11-25(33)12-16-27)21-31(39)37(20-24-10-17-28(34)29(35)18-24)30(32(40)36-2)19-23-6-4-3-5-7-23/h3-18,30H,19-21H2,1-2H3,(H,36,40)/t30-/m1/s1. The summed E-state index contributed by atoms with van der Waals surface area (Å²) in [6.07, 6.45) is 0.196. The van der Waals surface area contributed by atoms with Crippen molar-refractivity contribution in [2.45, 2.75) is 30.8 Å². The molecule has 0 saturated heterocycles. The molecule has 1 N–H and O–H groups in total. The number of benzene rings is 4. The minimum absolute atomic E-state index is 0.0244. The van der Waals surface area contributed by atoms with E-state index in [1.807, 2.05) is 37.3 Å². The molecule has 1 atom stereocenters. The van der Waals surface area contributed by atoms with E-state index in [2.05, 4.69) is 5.32 Å². The number of likely N-dealkylation sites (N-methyl/N-ethyl adjacent to an activating group) is 1. The molecule has 7 nitrogen and oxygen atoms in total. The normalized spacial score (nSPS) is 11.9. The second-order valence-electron chi connectivity index (χ2n) is 9.89. The predicted octanol–water partition coefficient (Wildman–Crippen LogP) is 6.54. The third kappa shape index (κ3) is 8.09. The molecule has 4 aromatic carbocycles. The van der Waals surface area contributed by atoms with Crippen LogP contribution in [0.5, 0.6) is 0 Å². The highest BCUT2D eigenvalue weighted by molar-refractivity contribution is 7.92. The fourth-order valence-electron chi connectivity index (χ4n) is 4.53. The lowest BCUT2D eigenvalue weighted by molar-refractivity contribution is -0.139. The zero-order chi connectivity index (χ0) is 31.1. The van der Waals surface area contributed by atoms with Gasteiger partial charge in [-0.3, -0.25) is 13.9 Å². The monoisotopic (exact) mass is 657 g/mol. The van der Waals surface area contributed by atoms with Gasteiger partial charge in [0, 0.05) is 25.0 Å². The molecular formula is C32H30Cl3N3O4S. The summed E-state index contributed by atoms with van der Waals surface area (Å²) in [6, 6.07) is 25.8. The van der Waals surface area contributed by atoms with Gasteiger partial charge in [0.1, 0.15) is 12.6 Å². The van der Waals surface area contributed by atoms with Crippen molar-refractivity contribution < 1.29 is 18.0 Å². The Hall–Kier alpha value is -3.56. The molecule has 0 spiro atoms. The number of sulfonamides is 1. The lowest BCUT2D eigenvalue weighted by Crippen LogP contribution is -2.53. The van der Waals surface area contributed by atoms with Crippen molar-refractivity contribution in [2.75, 3.05) is 17.9 Å². The number of nitrogens with one attached hydrogen (secondary N) is 1. The zero-order valence-corrected chi connectivity index (χ0v) is 26.6. The average molecular weight is 659 g/mol. The van der Waals surface area contributed by atoms with E-state index in [0.29, 0.717) is 21.3 Å². The molecule has 43 heavy (non-hydrogen) atoms. The largest absolute Gasteiger partial charge is 0.357 e. The maximum Gasteiger partial charge on any atom is 0.264 e. The Morgan fingerprint density at radius 2 is 1.47 bits per heavy atom. The van der Waals surface area contributed by atoms with Crippen molar-refractivity contribution in [3.8, 4) is 0 Å². The summed E-state index contributed by atoms with van der Waals surface area (Å²) in [7, 11) is -2.73. The first-order valence-corrected chi connectivity index (χ1v) is 15.9. The maximum atomic E-state index is 14.3. The molecule has 0 aliphatic rings. The van der Waals surface area contributed by atoms with Crippen LogP contribution in [0.25, 0.3) is 0 Å². The number of carbonyl (C=O) groups is 2. The van der Waals surface area contributed by atoms with E-state index in [1.54, 1.807) is 42.5 Å². The highest BCUT2D eigenvalue weighted by atomic mass is 35.5. The molecular weight excluding hydrogens is 629 g/mol. The van der Waals surface area contributed by atoms with Gasteiger partial charge in [0.25, 0.3) is 10.0 Å². The smallest absolute Gasteiger partial charge is 0.264 e. The Bertz CT molecular complexity index is 1680. The summed E-state index contributed by atoms with van der Waals surface area (Å²) in [4.78, 5) is 29.0. The Labute approximate surface area is 267 Å². The highest BCUT2D eigenvalue weighted by Crippen LogP contribution is 2.27. The molecule has 0 aromatic heterocycles. The lowest BCUT2D eigenvalue weighted by Gasteiger charge is -2.33. The van der Waals surface area contributed by atoms with Crippen LogP contribution in [0.1, 0.15) is 16.7 Å². The number of nitrogens with zero attached hydrogens (tertiary/aromatic N) is 2. The molecule has 224 valence electrons. The van der Waals surface area contributed by atoms with Crippen LogP contribution in [-0.4, -0.2) is 44.8 Å². The summed E-state index contributed by atoms with van der Waals surface area (Å²) in [5.41, 5.74) is 2.66. The quantitative estimate of drug-likeness (QED) is 0.198. The number of aryl methyl sites for hydroxylation is 1. The van der Waals surface area contributed by atoms with Crippen molar-refractivity contribution in [2.24, 2.45) is 0 Å². The Morgan fingerprint density at radius 3 is 2.07 bits per heavy atom. The second kappa shape index (κ2) is 14.3. The van der Waals surface area contributed by atoms with E-state index in [1.165, 1.54) is 36.2 Å². The van der Waals surface area contributed by atoms with Gasteiger partial charge in [-0.2, -0.15) is 0 Å². The minimum atomic E-state index is -4.22. The number of anilines is 1. The molecule has 0 unspecified atom stereocenters. The van der Waals surface area contributed by atoms with Crippen LogP contribution >= 0.6 is 34.8 Å². The molecule has 2 amide bonds. The first-order valence-electron chi connectivity index (χ1n) is 13.3. The Kier molecular flexibility index (Phi) is 10.7. The van der Waals surface area contributed by atoms with Gasteiger partial charge in [-0.25, -0.2) is 8.42 Å². The minimum Gasteiger partial charge on any atom is -0.357 e. The van der Waals surface area contributed by atoms with Crippen molar-refractivity contribution in [3.63, 3.8) is 0 Å². The highest BCUT2D eigenvalue weighted by Gasteiger charge is 2.34. The van der Waals surface area contributed by atoms with Gasteiger partial charge in [0.15, 0.2) is 0 Å². The van der Waals surface area contributed by atoms with Gasteiger partial charge >= 0.3 is 0 Å². The number of hydrogen-bond acceptors (Lipinski definition) is 4. The lowest BCUT2D eigenvalue weighted by atomic mass is 10.0. The Morgan fingerprint density at radius 1 is 0.814 bits per heavy atom. The summed E-state index contributed by atoms with van der Waals surface area (Å²) in [5, 5.41) is 3.66. The number of rotatable bonds is 11. The molecule has 4 rings (SSSR count). The SMILES string of the molecule is CNC(=O)[C@@H](Cc1ccccc1)N(Cc1ccc(Cl)c(Cl)c1)C(=O)CN(c1ccc(C)cc1)S(=O)(=O)c1ccc(Cl)cc1. The first kappa shape index (κ1) is 32.4. The summed E-state index contributed by atoms with van der Waals surface area (Å²) >= 11 is 18.4. The van der Waals surface area contributed by atoms with Crippen LogP contribution in [0.3, 0.4) is 0 Å². The third-order valence-electron chi connectivity index (χ3n) is 6.86. The molecule has 0 saturated carbocycles. The van der Waals surface area contributed by atoms with Crippen LogP contribution in [-0.2, 0) is 32.6 Å². The van der Waals surface area contributed by atoms with E-state index in [4.69, 9.17) is 34.8 Å². The molecule has 0 aliphatic heterocycles. The second-order valence-corrected chi connectivity index (χ2v) is 13.0. The molecule has 4 aromatic rings. The topological polar surface area (TPSA) is 86.8 Å². The van der Waals surface area contributed by atoms with Crippen LogP contribution in [0, 0.1) is 6.92 Å². The van der Waals surface area contributed by atoms with E-state index in [-0.39, 0.29) is 22.9 Å². The molecule has 11 heteroatoms. The zero-order valence-electron chi connectivity index (χ0n) is 23.5. The van der Waals surface area contributed by atoms with Gasteiger partial charge in [0.2, 0.25) is 11.8 Å². The van der Waals surface area contributed by atoms with Crippen molar-refractivity contribution in [1.82, 2.24) is 10.2 Å². The van der Waals surface area contributed by atoms with Gasteiger partial charge in [-0.1, -0.05) is 88.9 Å². The summed E-state index contributed by atoms with van der Waals surface area (Å²) in [5.74, 6) is -0.992. The molecule has 0 bridgehead atoms. The Balaban J connectivity index is 1.79. The van der Waals surface area contributed by atoms with Gasteiger partial charge in [-0.15, -0.1) is 0 Å². The van der Waals surface area contributed by atoms with E-state index in [9.17, 15) is 18.0 Å². The number of amides is 2. The van der Waals surface area contributed by atoms with Crippen molar-refractivity contribution in [3.05, 3.63) is 129 Å². The van der Waals surface area contributed by atoms with Crippen molar-refractivity contribution >= 4 is 62.3 Å². The fraction of sp³-hybridized carbons (Fsp3) is 0.188. The van der Waals surface area contributed by atoms with Gasteiger partial charge in [-0.05, 0) is 66.6 Å². The van der Waals surface area contributed by atoms with Crippen LogP contribution in [0.2, 0.25) is 15.1 Å². The van der Waals surface area contributed by atoms with E-state index < -0.39 is 34.4 Å². The van der Waals surface area contributed by atoms with Crippen molar-refractivity contribution in [1.29, 1.82) is 0 Å². The van der Waals surface area contributed by atoms with E-state index in [0.717, 1.165) is 15.4 Å². The van der Waals surface area contributed by atoms with Gasteiger partial charge in [0.05, 0.1) is 20.6 Å². The average Bonchev–Trinajstić information content (AvgIpc) is 3.00. The summed E-state index contributed by atoms with van der Waals surface area (Å²) in [6.45, 7) is 1.28. The van der Waals surface area contributed by atoms with Crippen LogP contribution in [0.4, 0.5) is 5.69 Å².